The van der Waals surface area contributed by atoms with Gasteiger partial charge in [-0.15, -0.1) is 0 Å². The van der Waals surface area contributed by atoms with Gasteiger partial charge in [-0.3, -0.25) is 9.59 Å². The Balaban J connectivity index is 1.92. The van der Waals surface area contributed by atoms with E-state index in [1.807, 2.05) is 0 Å². The number of anilines is 1. The van der Waals surface area contributed by atoms with Crippen molar-refractivity contribution in [3.8, 4) is 11.8 Å². The third kappa shape index (κ3) is 3.96. The largest absolute Gasteiger partial charge is 0.399 e. The van der Waals surface area contributed by atoms with Crippen molar-refractivity contribution >= 4 is 11.6 Å². The lowest BCUT2D eigenvalue weighted by Crippen LogP contribution is -2.31. The number of aromatic nitrogens is 2. The van der Waals surface area contributed by atoms with Crippen molar-refractivity contribution in [3.05, 3.63) is 87.3 Å². The van der Waals surface area contributed by atoms with E-state index in [0.29, 0.717) is 0 Å². The Morgan fingerprint density at radius 2 is 1.97 bits per heavy atom. The average molecular weight is 395 g/mol. The van der Waals surface area contributed by atoms with Crippen LogP contribution in [0.5, 0.6) is 0 Å². The summed E-state index contributed by atoms with van der Waals surface area (Å²) in [6, 6.07) is 11.1. The topological polar surface area (TPSA) is 114 Å². The number of benzene rings is 2. The molecule has 0 saturated heterocycles. The molecule has 0 aliphatic heterocycles. The van der Waals surface area contributed by atoms with Crippen molar-refractivity contribution in [3.63, 3.8) is 0 Å². The monoisotopic (exact) mass is 395 g/mol. The van der Waals surface area contributed by atoms with Gasteiger partial charge in [0.1, 0.15) is 29.1 Å². The number of rotatable bonds is 4. The van der Waals surface area contributed by atoms with Crippen LogP contribution < -0.4 is 16.6 Å². The van der Waals surface area contributed by atoms with Crippen molar-refractivity contribution in [2.75, 3.05) is 5.73 Å². The van der Waals surface area contributed by atoms with Crippen molar-refractivity contribution in [1.82, 2.24) is 15.1 Å². The van der Waals surface area contributed by atoms with Crippen LogP contribution >= 0.6 is 0 Å². The number of carbonyl (C=O) groups excluding carboxylic acids is 1. The summed E-state index contributed by atoms with van der Waals surface area (Å²) in [6.07, 6.45) is 0. The van der Waals surface area contributed by atoms with E-state index >= 15 is 0 Å². The predicted octanol–water partition coefficient (Wildman–Crippen LogP) is 2.46. The van der Waals surface area contributed by atoms with Crippen LogP contribution in [-0.2, 0) is 0 Å². The smallest absolute Gasteiger partial charge is 0.272 e. The number of halogens is 2. The van der Waals surface area contributed by atoms with E-state index in [2.05, 4.69) is 10.4 Å². The summed E-state index contributed by atoms with van der Waals surface area (Å²) < 4.78 is 29.2. The molecule has 2 aromatic carbocycles. The number of para-hydroxylation sites is 1. The van der Waals surface area contributed by atoms with Gasteiger partial charge in [-0.2, -0.15) is 15.0 Å². The first-order valence-corrected chi connectivity index (χ1v) is 8.47. The van der Waals surface area contributed by atoms with Gasteiger partial charge >= 0.3 is 0 Å². The number of hydrogen-bond donors (Lipinski definition) is 2. The molecule has 146 valence electrons. The minimum Gasteiger partial charge on any atom is -0.399 e. The standard InChI is InChI=1S/C20H15F2N5O2/c1-11(14-9-13(24)8-12(10-23)19(14)22)25-20(29)16-6-7-18(28)27(26-16)17-5-3-2-4-15(17)21/h2-9,11H,24H2,1H3,(H,25,29). The molecule has 7 nitrogen and oxygen atoms in total. The van der Waals surface area contributed by atoms with Gasteiger partial charge in [0.15, 0.2) is 0 Å². The summed E-state index contributed by atoms with van der Waals surface area (Å²) in [5.74, 6) is -2.19. The highest BCUT2D eigenvalue weighted by Gasteiger charge is 2.20. The fourth-order valence-electron chi connectivity index (χ4n) is 2.74. The number of amides is 1. The molecule has 1 amide bonds. The second kappa shape index (κ2) is 7.90. The molecule has 1 atom stereocenters. The van der Waals surface area contributed by atoms with E-state index in [0.717, 1.165) is 16.8 Å². The van der Waals surface area contributed by atoms with E-state index in [1.165, 1.54) is 43.3 Å². The maximum absolute atomic E-state index is 14.4. The Morgan fingerprint density at radius 3 is 2.66 bits per heavy atom. The van der Waals surface area contributed by atoms with Gasteiger partial charge in [0.2, 0.25) is 0 Å². The van der Waals surface area contributed by atoms with Crippen LogP contribution in [0, 0.1) is 23.0 Å². The summed E-state index contributed by atoms with van der Waals surface area (Å²) in [5, 5.41) is 15.4. The van der Waals surface area contributed by atoms with Crippen LogP contribution in [0.4, 0.5) is 14.5 Å². The Morgan fingerprint density at radius 1 is 1.24 bits per heavy atom. The number of hydrogen-bond acceptors (Lipinski definition) is 5. The quantitative estimate of drug-likeness (QED) is 0.659. The molecule has 0 spiro atoms. The first-order chi connectivity index (χ1) is 13.8. The molecule has 3 aromatic rings. The van der Waals surface area contributed by atoms with Crippen LogP contribution in [-0.4, -0.2) is 15.7 Å². The van der Waals surface area contributed by atoms with Gasteiger partial charge in [0.05, 0.1) is 11.6 Å². The second-order valence-electron chi connectivity index (χ2n) is 6.20. The summed E-state index contributed by atoms with van der Waals surface area (Å²) >= 11 is 0. The molecule has 9 heteroatoms. The Hall–Kier alpha value is -4.06. The highest BCUT2D eigenvalue weighted by atomic mass is 19.1. The lowest BCUT2D eigenvalue weighted by atomic mass is 10.0. The number of nitrogens with two attached hydrogens (primary N) is 1. The van der Waals surface area contributed by atoms with Crippen LogP contribution in [0.2, 0.25) is 0 Å². The van der Waals surface area contributed by atoms with Gasteiger partial charge in [0, 0.05) is 17.3 Å². The van der Waals surface area contributed by atoms with Crippen molar-refractivity contribution in [2.24, 2.45) is 0 Å². The van der Waals surface area contributed by atoms with Crippen molar-refractivity contribution < 1.29 is 13.6 Å². The van der Waals surface area contributed by atoms with Crippen LogP contribution in [0.25, 0.3) is 5.69 Å². The number of nitriles is 1. The maximum atomic E-state index is 14.4. The van der Waals surface area contributed by atoms with E-state index in [4.69, 9.17) is 11.0 Å². The Kier molecular flexibility index (Phi) is 5.36. The van der Waals surface area contributed by atoms with Gasteiger partial charge in [0.25, 0.3) is 11.5 Å². The number of nitrogens with one attached hydrogen (secondary N) is 1. The van der Waals surface area contributed by atoms with Crippen molar-refractivity contribution in [1.29, 1.82) is 5.26 Å². The van der Waals surface area contributed by atoms with Gasteiger partial charge < -0.3 is 11.1 Å². The molecular weight excluding hydrogens is 380 g/mol. The molecule has 1 aromatic heterocycles. The number of carbonyl (C=O) groups is 1. The minimum atomic E-state index is -0.853. The minimum absolute atomic E-state index is 0.0253. The fraction of sp³-hybridized carbons (Fsp3) is 0.100. The SMILES string of the molecule is CC(NC(=O)c1ccc(=O)n(-c2ccccc2F)n1)c1cc(N)cc(C#N)c1F. The molecular formula is C20H15F2N5O2. The Bertz CT molecular complexity index is 1200. The zero-order chi connectivity index (χ0) is 21.1. The Labute approximate surface area is 164 Å². The fourth-order valence-corrected chi connectivity index (χ4v) is 2.74. The zero-order valence-electron chi connectivity index (χ0n) is 15.2. The third-order valence-electron chi connectivity index (χ3n) is 4.17. The average Bonchev–Trinajstić information content (AvgIpc) is 2.70. The highest BCUT2D eigenvalue weighted by Crippen LogP contribution is 2.23. The summed E-state index contributed by atoms with van der Waals surface area (Å²) in [4.78, 5) is 24.6. The summed E-state index contributed by atoms with van der Waals surface area (Å²) in [7, 11) is 0. The van der Waals surface area contributed by atoms with E-state index in [-0.39, 0.29) is 28.2 Å². The molecule has 1 unspecified atom stereocenters. The molecule has 3 N–H and O–H groups in total. The lowest BCUT2D eigenvalue weighted by molar-refractivity contribution is 0.0932. The molecule has 0 fully saturated rings. The first kappa shape index (κ1) is 19.7. The van der Waals surface area contributed by atoms with Crippen LogP contribution in [0.3, 0.4) is 0 Å². The third-order valence-corrected chi connectivity index (χ3v) is 4.17. The maximum Gasteiger partial charge on any atom is 0.272 e. The van der Waals surface area contributed by atoms with Crippen molar-refractivity contribution in [2.45, 2.75) is 13.0 Å². The lowest BCUT2D eigenvalue weighted by Gasteiger charge is -2.16. The molecule has 1 heterocycles. The van der Waals surface area contributed by atoms with E-state index in [9.17, 15) is 18.4 Å². The molecule has 0 bridgehead atoms. The molecule has 0 aliphatic rings. The second-order valence-corrected chi connectivity index (χ2v) is 6.20. The van der Waals surface area contributed by atoms with Gasteiger partial charge in [-0.05, 0) is 37.3 Å². The summed E-state index contributed by atoms with van der Waals surface area (Å²) in [6.45, 7) is 1.50. The first-order valence-electron chi connectivity index (χ1n) is 8.47. The molecule has 0 aliphatic carbocycles. The number of nitrogen functional groups attached to an aromatic ring is 1. The number of nitrogens with zero attached hydrogens (tertiary/aromatic N) is 3. The van der Waals surface area contributed by atoms with E-state index < -0.39 is 29.1 Å². The normalized spacial score (nSPS) is 11.5. The summed E-state index contributed by atoms with van der Waals surface area (Å²) in [5.41, 5.74) is 4.72. The van der Waals surface area contributed by atoms with Crippen LogP contribution in [0.1, 0.15) is 34.6 Å². The van der Waals surface area contributed by atoms with Crippen LogP contribution in [0.15, 0.2) is 53.3 Å². The highest BCUT2D eigenvalue weighted by molar-refractivity contribution is 5.92. The molecule has 0 radical (unpaired) electrons. The van der Waals surface area contributed by atoms with Gasteiger partial charge in [-0.25, -0.2) is 8.78 Å². The van der Waals surface area contributed by atoms with Gasteiger partial charge in [-0.1, -0.05) is 12.1 Å². The van der Waals surface area contributed by atoms with E-state index in [1.54, 1.807) is 6.07 Å². The molecule has 3 rings (SSSR count). The zero-order valence-corrected chi connectivity index (χ0v) is 15.2. The molecule has 29 heavy (non-hydrogen) atoms. The predicted molar refractivity (Wildman–Crippen MR) is 101 cm³/mol. The molecule has 0 saturated carbocycles.